The molecule has 2 aromatic heterocycles. The van der Waals surface area contributed by atoms with E-state index in [-0.39, 0.29) is 15.7 Å². The fourth-order valence-corrected chi connectivity index (χ4v) is 4.15. The highest BCUT2D eigenvalue weighted by Gasteiger charge is 2.22. The molecule has 6 nitrogen and oxygen atoms in total. The Hall–Kier alpha value is -1.70. The van der Waals surface area contributed by atoms with Crippen LogP contribution in [0.3, 0.4) is 0 Å². The fourth-order valence-electron chi connectivity index (χ4n) is 2.47. The van der Waals surface area contributed by atoms with E-state index in [0.29, 0.717) is 28.4 Å². The number of H-pyrrole nitrogens is 1. The maximum absolute atomic E-state index is 12.7. The molecule has 0 bridgehead atoms. The van der Waals surface area contributed by atoms with Crippen LogP contribution in [0.5, 0.6) is 0 Å². The Labute approximate surface area is 156 Å². The van der Waals surface area contributed by atoms with Crippen LogP contribution in [-0.2, 0) is 16.6 Å². The minimum Gasteiger partial charge on any atom is -0.360 e. The Balaban J connectivity index is 1.89. The van der Waals surface area contributed by atoms with Crippen LogP contribution < -0.4 is 4.72 Å². The summed E-state index contributed by atoms with van der Waals surface area (Å²) >= 11 is 12.2. The van der Waals surface area contributed by atoms with Gasteiger partial charge in [0.1, 0.15) is 10.6 Å². The third-order valence-electron chi connectivity index (χ3n) is 3.83. The molecule has 2 heterocycles. The summed E-state index contributed by atoms with van der Waals surface area (Å²) in [6, 6.07) is 4.98. The summed E-state index contributed by atoms with van der Waals surface area (Å²) in [5.41, 5.74) is 0.903. The van der Waals surface area contributed by atoms with Gasteiger partial charge in [0.05, 0.1) is 6.20 Å². The first-order valence-corrected chi connectivity index (χ1v) is 10.0. The summed E-state index contributed by atoms with van der Waals surface area (Å²) in [5, 5.41) is 5.51. The summed E-state index contributed by atoms with van der Waals surface area (Å²) in [6.45, 7) is 4.83. The third kappa shape index (κ3) is 3.78. The van der Waals surface area contributed by atoms with E-state index < -0.39 is 10.0 Å². The number of rotatable bonds is 6. The summed E-state index contributed by atoms with van der Waals surface area (Å²) in [6.07, 6.45) is 3.75. The molecule has 2 N–H and O–H groups in total. The van der Waals surface area contributed by atoms with Crippen molar-refractivity contribution < 1.29 is 8.42 Å². The topological polar surface area (TPSA) is 79.8 Å². The first-order chi connectivity index (χ1) is 11.8. The van der Waals surface area contributed by atoms with Gasteiger partial charge in [0.2, 0.25) is 0 Å². The summed E-state index contributed by atoms with van der Waals surface area (Å²) in [5.74, 6) is 0.499. The van der Waals surface area contributed by atoms with E-state index in [1.165, 1.54) is 12.4 Å². The molecule has 0 radical (unpaired) electrons. The average Bonchev–Trinajstić information content (AvgIpc) is 3.10. The largest absolute Gasteiger partial charge is 0.360 e. The van der Waals surface area contributed by atoms with E-state index in [4.69, 9.17) is 23.2 Å². The normalized spacial score (nSPS) is 12.2. The van der Waals surface area contributed by atoms with Crippen molar-refractivity contribution >= 4 is 49.8 Å². The molecule has 0 fully saturated rings. The number of aromatic amines is 1. The SMILES string of the molecule is CC(C)CCn1ncc(NS(=O)(=O)c2c[nH]c3cc(Cl)ccc23)c1Cl. The zero-order chi connectivity index (χ0) is 18.2. The van der Waals surface area contributed by atoms with E-state index in [1.54, 1.807) is 22.9 Å². The molecule has 1 aromatic carbocycles. The standard InChI is InChI=1S/C16H18Cl2N4O2S/c1-10(2)5-6-22-16(18)14(8-20-22)21-25(23,24)15-9-19-13-7-11(17)3-4-12(13)15/h3-4,7-10,19,21H,5-6H2,1-2H3. The van der Waals surface area contributed by atoms with Gasteiger partial charge in [-0.3, -0.25) is 9.40 Å². The summed E-state index contributed by atoms with van der Waals surface area (Å²) < 4.78 is 29.6. The Morgan fingerprint density at radius 2 is 2.08 bits per heavy atom. The van der Waals surface area contributed by atoms with Gasteiger partial charge in [-0.15, -0.1) is 0 Å². The molecule has 0 spiro atoms. The van der Waals surface area contributed by atoms with Crippen molar-refractivity contribution in [1.82, 2.24) is 14.8 Å². The van der Waals surface area contributed by atoms with Gasteiger partial charge >= 0.3 is 0 Å². The van der Waals surface area contributed by atoms with Gasteiger partial charge in [-0.2, -0.15) is 5.10 Å². The van der Waals surface area contributed by atoms with Gasteiger partial charge in [0, 0.05) is 28.7 Å². The lowest BCUT2D eigenvalue weighted by Crippen LogP contribution is -2.12. The van der Waals surface area contributed by atoms with Gasteiger partial charge in [0.15, 0.2) is 5.15 Å². The Morgan fingerprint density at radius 1 is 1.32 bits per heavy atom. The Bertz CT molecular complexity index is 1010. The molecule has 0 aliphatic rings. The predicted octanol–water partition coefficient (Wildman–Crippen LogP) is 4.52. The lowest BCUT2D eigenvalue weighted by molar-refractivity contribution is 0.488. The van der Waals surface area contributed by atoms with E-state index in [1.807, 2.05) is 0 Å². The molecule has 0 aliphatic carbocycles. The maximum Gasteiger partial charge on any atom is 0.264 e. The molecule has 134 valence electrons. The second kappa shape index (κ2) is 6.90. The number of aromatic nitrogens is 3. The number of nitrogens with zero attached hydrogens (tertiary/aromatic N) is 2. The van der Waals surface area contributed by atoms with Crippen molar-refractivity contribution in [3.63, 3.8) is 0 Å². The smallest absolute Gasteiger partial charge is 0.264 e. The Morgan fingerprint density at radius 3 is 2.80 bits per heavy atom. The van der Waals surface area contributed by atoms with Gasteiger partial charge in [-0.25, -0.2) is 8.42 Å². The van der Waals surface area contributed by atoms with Crippen LogP contribution in [0.2, 0.25) is 10.2 Å². The highest BCUT2D eigenvalue weighted by Crippen LogP contribution is 2.29. The molecule has 3 aromatic rings. The minimum absolute atomic E-state index is 0.130. The van der Waals surface area contributed by atoms with Gasteiger partial charge in [0.25, 0.3) is 10.0 Å². The highest BCUT2D eigenvalue weighted by molar-refractivity contribution is 7.93. The van der Waals surface area contributed by atoms with Crippen molar-refractivity contribution in [3.05, 3.63) is 40.8 Å². The molecule has 0 amide bonds. The maximum atomic E-state index is 12.7. The highest BCUT2D eigenvalue weighted by atomic mass is 35.5. The lowest BCUT2D eigenvalue weighted by Gasteiger charge is -2.08. The zero-order valence-corrected chi connectivity index (χ0v) is 16.1. The predicted molar refractivity (Wildman–Crippen MR) is 101 cm³/mol. The number of hydrogen-bond acceptors (Lipinski definition) is 3. The number of benzene rings is 1. The quantitative estimate of drug-likeness (QED) is 0.638. The number of hydrogen-bond donors (Lipinski definition) is 2. The van der Waals surface area contributed by atoms with Crippen LogP contribution >= 0.6 is 23.2 Å². The molecule has 0 saturated heterocycles. The monoisotopic (exact) mass is 400 g/mol. The molecule has 9 heteroatoms. The van der Waals surface area contributed by atoms with Crippen LogP contribution in [0.15, 0.2) is 35.5 Å². The van der Waals surface area contributed by atoms with Crippen molar-refractivity contribution in [2.24, 2.45) is 5.92 Å². The van der Waals surface area contributed by atoms with Gasteiger partial charge in [-0.05, 0) is 30.5 Å². The molecular weight excluding hydrogens is 383 g/mol. The molecule has 0 atom stereocenters. The molecule has 0 saturated carbocycles. The molecule has 0 unspecified atom stereocenters. The second-order valence-electron chi connectivity index (χ2n) is 6.20. The van der Waals surface area contributed by atoms with Crippen LogP contribution in [0.1, 0.15) is 20.3 Å². The van der Waals surface area contributed by atoms with Crippen molar-refractivity contribution in [1.29, 1.82) is 0 Å². The second-order valence-corrected chi connectivity index (χ2v) is 8.65. The number of nitrogens with one attached hydrogen (secondary N) is 2. The van der Waals surface area contributed by atoms with Crippen LogP contribution in [-0.4, -0.2) is 23.2 Å². The molecular formula is C16H18Cl2N4O2S. The van der Waals surface area contributed by atoms with Crippen LogP contribution in [0.25, 0.3) is 10.9 Å². The van der Waals surface area contributed by atoms with Gasteiger partial charge < -0.3 is 4.98 Å². The molecule has 25 heavy (non-hydrogen) atoms. The van der Waals surface area contributed by atoms with Crippen LogP contribution in [0.4, 0.5) is 5.69 Å². The molecule has 3 rings (SSSR count). The van der Waals surface area contributed by atoms with Gasteiger partial charge in [-0.1, -0.05) is 37.0 Å². The number of fused-ring (bicyclic) bond motifs is 1. The average molecular weight is 401 g/mol. The first-order valence-electron chi connectivity index (χ1n) is 7.78. The minimum atomic E-state index is -3.81. The number of halogens is 2. The zero-order valence-electron chi connectivity index (χ0n) is 13.8. The number of anilines is 1. The van der Waals surface area contributed by atoms with Crippen LogP contribution in [0, 0.1) is 5.92 Å². The molecule has 0 aliphatic heterocycles. The number of aryl methyl sites for hydroxylation is 1. The number of sulfonamides is 1. The van der Waals surface area contributed by atoms with E-state index >= 15 is 0 Å². The van der Waals surface area contributed by atoms with Crippen molar-refractivity contribution in [2.75, 3.05) is 4.72 Å². The van der Waals surface area contributed by atoms with Crippen molar-refractivity contribution in [3.8, 4) is 0 Å². The Kier molecular flexibility index (Phi) is 4.99. The fraction of sp³-hybridized carbons (Fsp3) is 0.312. The summed E-state index contributed by atoms with van der Waals surface area (Å²) in [7, 11) is -3.81. The van der Waals surface area contributed by atoms with E-state index in [0.717, 1.165) is 6.42 Å². The first kappa shape index (κ1) is 18.1. The van der Waals surface area contributed by atoms with Crippen molar-refractivity contribution in [2.45, 2.75) is 31.7 Å². The third-order valence-corrected chi connectivity index (χ3v) is 5.87. The van der Waals surface area contributed by atoms with E-state index in [2.05, 4.69) is 28.7 Å². The van der Waals surface area contributed by atoms with E-state index in [9.17, 15) is 8.42 Å². The summed E-state index contributed by atoms with van der Waals surface area (Å²) in [4.78, 5) is 3.05. The lowest BCUT2D eigenvalue weighted by atomic mass is 10.1.